The van der Waals surface area contributed by atoms with Crippen molar-refractivity contribution in [2.75, 3.05) is 11.2 Å². The first-order valence-electron chi connectivity index (χ1n) is 6.79. The fourth-order valence-electron chi connectivity index (χ4n) is 2.32. The third-order valence-electron chi connectivity index (χ3n) is 3.52. The number of halogens is 5. The lowest BCUT2D eigenvalue weighted by atomic mass is 10.2. The van der Waals surface area contributed by atoms with E-state index in [1.54, 1.807) is 11.4 Å². The van der Waals surface area contributed by atoms with Crippen LogP contribution in [0.15, 0.2) is 32.9 Å². The van der Waals surface area contributed by atoms with Gasteiger partial charge in [-0.3, -0.25) is 5.43 Å². The van der Waals surface area contributed by atoms with Crippen LogP contribution >= 0.6 is 34.5 Å². The molecule has 25 heavy (non-hydrogen) atoms. The van der Waals surface area contributed by atoms with Crippen LogP contribution in [0.4, 0.5) is 18.9 Å². The van der Waals surface area contributed by atoms with E-state index in [0.29, 0.717) is 17.3 Å². The van der Waals surface area contributed by atoms with Crippen LogP contribution in [0, 0.1) is 0 Å². The summed E-state index contributed by atoms with van der Waals surface area (Å²) < 4.78 is 62.3. The molecule has 0 atom stereocenters. The number of anilines is 1. The second-order valence-electron chi connectivity index (χ2n) is 5.18. The first kappa shape index (κ1) is 18.5. The Kier molecular flexibility index (Phi) is 4.78. The molecule has 0 amide bonds. The monoisotopic (exact) mass is 428 g/mol. The first-order chi connectivity index (χ1) is 11.6. The first-order valence-corrected chi connectivity index (χ1v) is 10.1. The predicted octanol–water partition coefficient (Wildman–Crippen LogP) is 4.33. The highest BCUT2D eigenvalue weighted by Gasteiger charge is 2.32. The van der Waals surface area contributed by atoms with Gasteiger partial charge in [0, 0.05) is 5.56 Å². The van der Waals surface area contributed by atoms with Crippen molar-refractivity contribution in [1.29, 1.82) is 0 Å². The average Bonchev–Trinajstić information content (AvgIpc) is 2.82. The zero-order valence-corrected chi connectivity index (χ0v) is 15.3. The summed E-state index contributed by atoms with van der Waals surface area (Å²) in [5.74, 6) is 0.00710. The summed E-state index contributed by atoms with van der Waals surface area (Å²) in [5, 5.41) is 5.54. The zero-order chi connectivity index (χ0) is 18.4. The fraction of sp³-hybridized carbons (Fsp3) is 0.214. The van der Waals surface area contributed by atoms with Crippen molar-refractivity contribution in [3.05, 3.63) is 50.1 Å². The van der Waals surface area contributed by atoms with Crippen molar-refractivity contribution in [2.24, 2.45) is 5.10 Å². The Balaban J connectivity index is 2.01. The van der Waals surface area contributed by atoms with Crippen molar-refractivity contribution in [2.45, 2.75) is 16.8 Å². The van der Waals surface area contributed by atoms with Gasteiger partial charge in [-0.1, -0.05) is 23.2 Å². The molecular weight excluding hydrogens is 420 g/mol. The van der Waals surface area contributed by atoms with Crippen LogP contribution in [0.3, 0.4) is 0 Å². The average molecular weight is 429 g/mol. The number of alkyl halides is 3. The standard InChI is InChI=1S/C14H9Cl2F3N2O2S2/c15-9-5-7(14(17,18)19)6-10(16)12(9)21-20-11-1-3-24-13-8(11)2-4-25(13,22)23/h1,3,5-6,21H,2,4H2. The summed E-state index contributed by atoms with van der Waals surface area (Å²) in [4.78, 5) is 0. The molecular formula is C14H9Cl2F3N2O2S2. The van der Waals surface area contributed by atoms with Crippen molar-refractivity contribution in [3.8, 4) is 0 Å². The molecule has 0 saturated heterocycles. The number of nitrogens with zero attached hydrogens (tertiary/aromatic N) is 1. The Morgan fingerprint density at radius 2 is 1.84 bits per heavy atom. The molecule has 2 aromatic rings. The summed E-state index contributed by atoms with van der Waals surface area (Å²) >= 11 is 12.8. The highest BCUT2D eigenvalue weighted by atomic mass is 35.5. The summed E-state index contributed by atoms with van der Waals surface area (Å²) in [6.45, 7) is 0. The Morgan fingerprint density at radius 1 is 1.20 bits per heavy atom. The highest BCUT2D eigenvalue weighted by molar-refractivity contribution is 7.93. The van der Waals surface area contributed by atoms with Gasteiger partial charge in [0.05, 0.1) is 32.4 Å². The van der Waals surface area contributed by atoms with Gasteiger partial charge >= 0.3 is 6.18 Å². The molecule has 4 nitrogen and oxygen atoms in total. The summed E-state index contributed by atoms with van der Waals surface area (Å²) in [6, 6.07) is 3.10. The minimum absolute atomic E-state index is 0.00710. The van der Waals surface area contributed by atoms with Crippen LogP contribution in [-0.2, 0) is 22.4 Å². The number of rotatable bonds is 2. The number of hydrogen-bond acceptors (Lipinski definition) is 5. The van der Waals surface area contributed by atoms with Gasteiger partial charge in [0.25, 0.3) is 0 Å². The minimum atomic E-state index is -4.57. The molecule has 0 aliphatic carbocycles. The van der Waals surface area contributed by atoms with Gasteiger partial charge in [0.15, 0.2) is 9.84 Å². The van der Waals surface area contributed by atoms with Gasteiger partial charge in [-0.2, -0.15) is 18.3 Å². The number of hydrogen-bond donors (Lipinski definition) is 1. The lowest BCUT2D eigenvalue weighted by molar-refractivity contribution is -0.137. The molecule has 0 saturated carbocycles. The van der Waals surface area contributed by atoms with Gasteiger partial charge in [-0.05, 0) is 30.0 Å². The van der Waals surface area contributed by atoms with E-state index >= 15 is 0 Å². The van der Waals surface area contributed by atoms with Crippen LogP contribution in [-0.4, -0.2) is 14.2 Å². The topological polar surface area (TPSA) is 58.5 Å². The van der Waals surface area contributed by atoms with E-state index in [9.17, 15) is 21.6 Å². The maximum Gasteiger partial charge on any atom is 0.416 e. The molecule has 134 valence electrons. The summed E-state index contributed by atoms with van der Waals surface area (Å²) in [6.07, 6.45) is -4.25. The number of sulfone groups is 1. The van der Waals surface area contributed by atoms with E-state index < -0.39 is 21.6 Å². The van der Waals surface area contributed by atoms with E-state index in [1.807, 2.05) is 0 Å². The lowest BCUT2D eigenvalue weighted by Gasteiger charge is -2.11. The summed E-state index contributed by atoms with van der Waals surface area (Å²) in [5.41, 5.74) is 2.15. The molecule has 0 unspecified atom stereocenters. The molecule has 0 bridgehead atoms. The normalized spacial score (nSPS) is 16.8. The molecule has 2 heterocycles. The fourth-order valence-corrected chi connectivity index (χ4v) is 5.81. The Bertz CT molecular complexity index is 994. The van der Waals surface area contributed by atoms with E-state index in [0.717, 1.165) is 23.5 Å². The molecule has 1 aromatic carbocycles. The maximum absolute atomic E-state index is 12.7. The molecule has 11 heteroatoms. The Labute approximate surface area is 154 Å². The van der Waals surface area contributed by atoms with Gasteiger partial charge in [-0.25, -0.2) is 8.42 Å². The van der Waals surface area contributed by atoms with Gasteiger partial charge in [0.2, 0.25) is 0 Å². The van der Waals surface area contributed by atoms with E-state index in [4.69, 9.17) is 23.2 Å². The molecule has 3 rings (SSSR count). The van der Waals surface area contributed by atoms with Crippen LogP contribution in [0.5, 0.6) is 0 Å². The predicted molar refractivity (Wildman–Crippen MR) is 90.7 cm³/mol. The van der Waals surface area contributed by atoms with Crippen LogP contribution in [0.25, 0.3) is 0 Å². The van der Waals surface area contributed by atoms with Gasteiger partial charge < -0.3 is 0 Å². The second kappa shape index (κ2) is 6.46. The molecule has 0 radical (unpaired) electrons. The maximum atomic E-state index is 12.7. The molecule has 0 fully saturated rings. The molecule has 1 aromatic heterocycles. The second-order valence-corrected chi connectivity index (χ2v) is 9.21. The molecule has 1 N–H and O–H groups in total. The SMILES string of the molecule is O=S1(=O)CCc2c1sccc2=NNc1c(Cl)cc(C(F)(F)F)cc1Cl. The Morgan fingerprint density at radius 3 is 2.44 bits per heavy atom. The molecule has 1 aliphatic heterocycles. The minimum Gasteiger partial charge on any atom is -0.275 e. The van der Waals surface area contributed by atoms with Crippen molar-refractivity contribution >= 4 is 50.1 Å². The number of benzene rings is 1. The molecule has 1 aliphatic rings. The van der Waals surface area contributed by atoms with Crippen LogP contribution < -0.4 is 10.8 Å². The smallest absolute Gasteiger partial charge is 0.275 e. The third kappa shape index (κ3) is 3.64. The van der Waals surface area contributed by atoms with E-state index in [2.05, 4.69) is 10.5 Å². The van der Waals surface area contributed by atoms with E-state index in [-0.39, 0.29) is 25.7 Å². The number of fused-ring (bicyclic) bond motifs is 1. The van der Waals surface area contributed by atoms with Crippen LogP contribution in [0.2, 0.25) is 10.0 Å². The van der Waals surface area contributed by atoms with Crippen molar-refractivity contribution in [3.63, 3.8) is 0 Å². The lowest BCUT2D eigenvalue weighted by Crippen LogP contribution is -2.11. The highest BCUT2D eigenvalue weighted by Crippen LogP contribution is 2.38. The van der Waals surface area contributed by atoms with Gasteiger partial charge in [0.1, 0.15) is 4.21 Å². The Hall–Kier alpha value is -1.29. The van der Waals surface area contributed by atoms with Crippen molar-refractivity contribution < 1.29 is 21.6 Å². The largest absolute Gasteiger partial charge is 0.416 e. The van der Waals surface area contributed by atoms with Gasteiger partial charge in [-0.15, -0.1) is 11.3 Å². The van der Waals surface area contributed by atoms with Crippen LogP contribution in [0.1, 0.15) is 11.1 Å². The number of nitrogens with one attached hydrogen (secondary N) is 1. The molecule has 0 spiro atoms. The quantitative estimate of drug-likeness (QED) is 0.724. The summed E-state index contributed by atoms with van der Waals surface area (Å²) in [7, 11) is -3.30. The third-order valence-corrected chi connectivity index (χ3v) is 7.45. The van der Waals surface area contributed by atoms with E-state index in [1.165, 1.54) is 0 Å². The van der Waals surface area contributed by atoms with Crippen molar-refractivity contribution in [1.82, 2.24) is 0 Å². The zero-order valence-electron chi connectivity index (χ0n) is 12.2.